The first-order valence-corrected chi connectivity index (χ1v) is 19.6. The lowest BCUT2D eigenvalue weighted by atomic mass is 9.87. The molecule has 4 aliphatic heterocycles. The Labute approximate surface area is 347 Å². The van der Waals surface area contributed by atoms with Crippen LogP contribution in [0, 0.1) is 10.8 Å². The number of nitrogens with zero attached hydrogens (tertiary/aromatic N) is 3. The van der Waals surface area contributed by atoms with Crippen LogP contribution in [0.25, 0.3) is 0 Å². The second-order valence-electron chi connectivity index (χ2n) is 16.9. The molecule has 1 saturated carbocycles. The third-order valence-corrected chi connectivity index (χ3v) is 12.2. The molecular weight excluding hydrogens is 821 g/mol. The molecule has 322 valence electrons. The number of cyclic esters (lactones) is 1. The molecule has 4 heterocycles. The number of methoxy groups -OCH3 is 1. The van der Waals surface area contributed by atoms with E-state index in [4.69, 9.17) is 32.7 Å². The lowest BCUT2D eigenvalue weighted by molar-refractivity contribution is -0.173. The number of nitrogens with one attached hydrogen (secondary N) is 4. The van der Waals surface area contributed by atoms with Gasteiger partial charge in [-0.05, 0) is 24.3 Å². The molecule has 5 amide bonds. The van der Waals surface area contributed by atoms with Crippen molar-refractivity contribution < 1.29 is 63.5 Å². The molecule has 0 bridgehead atoms. The van der Waals surface area contributed by atoms with Crippen molar-refractivity contribution in [2.24, 2.45) is 15.9 Å². The minimum atomic E-state index is -2.16. The zero-order valence-corrected chi connectivity index (χ0v) is 34.2. The molecule has 22 heteroatoms. The van der Waals surface area contributed by atoms with Gasteiger partial charge in [-0.15, -0.1) is 0 Å². The lowest BCUT2D eigenvalue weighted by Crippen LogP contribution is -2.65. The molecule has 1 aromatic carbocycles. The SMILES string of the molecule is COC[C@@H]1NC(=O)[C@@H]2CC(O)C=NN2C(=O)[C@H](C(C)(C)C)OC(=O)[C@@H](C2(C)CC2)NC(=O)[C@@H]2C[C@@]3(O)c4ccc(Cl)c(Cl)c4N[C@H]3N2C(=O)[C@@H]([C@H](O)CC(=O)O)NC1=O. The second-order valence-corrected chi connectivity index (χ2v) is 17.7. The van der Waals surface area contributed by atoms with Crippen LogP contribution < -0.4 is 21.3 Å². The summed E-state index contributed by atoms with van der Waals surface area (Å²) in [5, 5.41) is 58.9. The fourth-order valence-corrected chi connectivity index (χ4v) is 8.27. The van der Waals surface area contributed by atoms with Crippen molar-refractivity contribution in [3.8, 4) is 0 Å². The van der Waals surface area contributed by atoms with Crippen molar-refractivity contribution in [3.05, 3.63) is 27.7 Å². The zero-order chi connectivity index (χ0) is 43.5. The molecule has 1 aromatic rings. The first kappa shape index (κ1) is 44.0. The standard InChI is InChI=1S/C37H47Cl2N7O13/c1-35(2,3)27-32(55)46-19(10-15(47)13-40-46)29(52)41-18(14-58-5)28(51)42-25(21(48)11-22(49)50)31(54)45-20(30(53)44-26(33(56)59-27)36(4)8-9-36)12-37(57)16-6-7-17(38)23(39)24(16)43-34(37)45/h6-7,13,15,18-21,25-27,34,43,47-48,57H,8-12,14H2,1-5H3,(H,41,52)(H,42,51)(H,44,53)(H,49,50)/t15?,18-,19-,20-,21+,25+,26-,27+,34-,37+/m0/s1. The van der Waals surface area contributed by atoms with Crippen LogP contribution in [-0.4, -0.2) is 146 Å². The van der Waals surface area contributed by atoms with Crippen LogP contribution in [0.15, 0.2) is 17.2 Å². The smallest absolute Gasteiger partial charge is 0.330 e. The van der Waals surface area contributed by atoms with E-state index in [-0.39, 0.29) is 21.3 Å². The summed E-state index contributed by atoms with van der Waals surface area (Å²) in [6, 6.07) is -5.67. The summed E-state index contributed by atoms with van der Waals surface area (Å²) in [6.45, 7) is 5.93. The van der Waals surface area contributed by atoms with Gasteiger partial charge in [0.05, 0.1) is 47.2 Å². The molecule has 59 heavy (non-hydrogen) atoms. The number of benzene rings is 1. The number of aliphatic hydroxyl groups is 3. The van der Waals surface area contributed by atoms with Crippen LogP contribution in [0.4, 0.5) is 5.69 Å². The van der Waals surface area contributed by atoms with Crippen molar-refractivity contribution in [1.29, 1.82) is 0 Å². The second kappa shape index (κ2) is 16.1. The van der Waals surface area contributed by atoms with E-state index in [2.05, 4.69) is 26.4 Å². The molecule has 1 aliphatic carbocycles. The van der Waals surface area contributed by atoms with Crippen molar-refractivity contribution in [2.45, 2.75) is 120 Å². The number of aliphatic carboxylic acids is 1. The third kappa shape index (κ3) is 8.30. The molecule has 0 aromatic heterocycles. The number of carbonyl (C=O) groups is 7. The van der Waals surface area contributed by atoms with Gasteiger partial charge in [-0.1, -0.05) is 57.0 Å². The van der Waals surface area contributed by atoms with Gasteiger partial charge in [-0.3, -0.25) is 28.8 Å². The number of ether oxygens (including phenoxy) is 2. The number of hydrogen-bond acceptors (Lipinski definition) is 14. The summed E-state index contributed by atoms with van der Waals surface area (Å²) in [5.74, 6) is -7.98. The molecule has 3 fully saturated rings. The van der Waals surface area contributed by atoms with Crippen LogP contribution in [0.3, 0.4) is 0 Å². The highest BCUT2D eigenvalue weighted by Gasteiger charge is 2.63. The Morgan fingerprint density at radius 3 is 2.29 bits per heavy atom. The molecule has 0 spiro atoms. The number of aliphatic hydroxyl groups excluding tert-OH is 2. The van der Waals surface area contributed by atoms with Gasteiger partial charge < -0.3 is 56.1 Å². The Hall–Kier alpha value is -4.60. The number of carboxylic acids is 1. The maximum Gasteiger partial charge on any atom is 0.330 e. The maximum absolute atomic E-state index is 14.9. The topological polar surface area (TPSA) is 286 Å². The van der Waals surface area contributed by atoms with E-state index in [9.17, 15) is 54.0 Å². The summed E-state index contributed by atoms with van der Waals surface area (Å²) in [4.78, 5) is 98.8. The largest absolute Gasteiger partial charge is 0.481 e. The van der Waals surface area contributed by atoms with Gasteiger partial charge in [0.1, 0.15) is 42.0 Å². The molecule has 10 atom stereocenters. The minimum absolute atomic E-state index is 0.0297. The quantitative estimate of drug-likeness (QED) is 0.163. The number of carbonyl (C=O) groups excluding carboxylic acids is 6. The summed E-state index contributed by atoms with van der Waals surface area (Å²) in [7, 11) is 1.18. The van der Waals surface area contributed by atoms with E-state index in [1.165, 1.54) is 19.2 Å². The number of carboxylic acid groups (broad SMARTS) is 1. The monoisotopic (exact) mass is 867 g/mol. The van der Waals surface area contributed by atoms with Crippen LogP contribution >= 0.6 is 23.2 Å². The Morgan fingerprint density at radius 2 is 1.68 bits per heavy atom. The van der Waals surface area contributed by atoms with Crippen molar-refractivity contribution >= 4 is 76.6 Å². The van der Waals surface area contributed by atoms with Crippen LogP contribution in [0.1, 0.15) is 65.4 Å². The highest BCUT2D eigenvalue weighted by Crippen LogP contribution is 2.53. The number of halogens is 2. The molecule has 0 radical (unpaired) electrons. The van der Waals surface area contributed by atoms with Gasteiger partial charge in [0.15, 0.2) is 6.10 Å². The van der Waals surface area contributed by atoms with Gasteiger partial charge >= 0.3 is 11.9 Å². The number of rotatable bonds is 6. The lowest BCUT2D eigenvalue weighted by Gasteiger charge is -2.38. The predicted molar refractivity (Wildman–Crippen MR) is 205 cm³/mol. The average molecular weight is 869 g/mol. The predicted octanol–water partition coefficient (Wildman–Crippen LogP) is -0.811. The molecule has 2 saturated heterocycles. The Bertz CT molecular complexity index is 1980. The number of fused-ring (bicyclic) bond motifs is 6. The average Bonchev–Trinajstić information content (AvgIpc) is 3.73. The Kier molecular flexibility index (Phi) is 12.0. The first-order valence-electron chi connectivity index (χ1n) is 18.9. The number of esters is 1. The molecule has 8 N–H and O–H groups in total. The highest BCUT2D eigenvalue weighted by atomic mass is 35.5. The van der Waals surface area contributed by atoms with Gasteiger partial charge in [-0.25, -0.2) is 9.80 Å². The highest BCUT2D eigenvalue weighted by molar-refractivity contribution is 6.44. The fraction of sp³-hybridized carbons (Fsp3) is 0.622. The van der Waals surface area contributed by atoms with Crippen LogP contribution in [-0.2, 0) is 48.6 Å². The molecule has 5 aliphatic rings. The summed E-state index contributed by atoms with van der Waals surface area (Å²) in [5.41, 5.74) is -3.86. The van der Waals surface area contributed by atoms with Crippen LogP contribution in [0.5, 0.6) is 0 Å². The number of hydrazone groups is 1. The van der Waals surface area contributed by atoms with E-state index < -0.39 is 138 Å². The summed E-state index contributed by atoms with van der Waals surface area (Å²) >= 11 is 12.8. The number of anilines is 1. The van der Waals surface area contributed by atoms with Crippen molar-refractivity contribution in [3.63, 3.8) is 0 Å². The number of amides is 5. The van der Waals surface area contributed by atoms with E-state index >= 15 is 0 Å². The molecule has 6 rings (SSSR count). The molecule has 20 nitrogen and oxygen atoms in total. The minimum Gasteiger partial charge on any atom is -0.481 e. The van der Waals surface area contributed by atoms with Gasteiger partial charge in [-0.2, -0.15) is 5.10 Å². The normalized spacial score (nSPS) is 32.8. The Balaban J connectivity index is 1.50. The van der Waals surface area contributed by atoms with E-state index in [0.29, 0.717) is 12.8 Å². The summed E-state index contributed by atoms with van der Waals surface area (Å²) < 4.78 is 11.1. The molecule has 1 unspecified atom stereocenters. The van der Waals surface area contributed by atoms with E-state index in [1.54, 1.807) is 27.7 Å². The number of hydrogen-bond donors (Lipinski definition) is 8. The Morgan fingerprint density at radius 1 is 1.02 bits per heavy atom. The van der Waals surface area contributed by atoms with E-state index in [1.807, 2.05) is 0 Å². The van der Waals surface area contributed by atoms with Gasteiger partial charge in [0, 0.05) is 30.9 Å². The summed E-state index contributed by atoms with van der Waals surface area (Å²) in [6.07, 6.45) is -6.80. The fourth-order valence-electron chi connectivity index (χ4n) is 7.89. The van der Waals surface area contributed by atoms with Gasteiger partial charge in [0.2, 0.25) is 23.6 Å². The van der Waals surface area contributed by atoms with Crippen LogP contribution in [0.2, 0.25) is 10.0 Å². The zero-order valence-electron chi connectivity index (χ0n) is 32.7. The van der Waals surface area contributed by atoms with Gasteiger partial charge in [0.25, 0.3) is 5.91 Å². The van der Waals surface area contributed by atoms with Crippen molar-refractivity contribution in [1.82, 2.24) is 25.9 Å². The van der Waals surface area contributed by atoms with Crippen molar-refractivity contribution in [2.75, 3.05) is 19.0 Å². The third-order valence-electron chi connectivity index (χ3n) is 11.4. The first-order chi connectivity index (χ1) is 27.5. The van der Waals surface area contributed by atoms with E-state index in [0.717, 1.165) is 16.1 Å². The molecular formula is C37H47Cl2N7O13. The maximum atomic E-state index is 14.9.